The minimum Gasteiger partial charge on any atom is -0.278 e. The van der Waals surface area contributed by atoms with E-state index in [2.05, 4.69) is 30.7 Å². The van der Waals surface area contributed by atoms with Crippen molar-refractivity contribution in [3.05, 3.63) is 18.0 Å². The molecule has 0 fully saturated rings. The topological polar surface area (TPSA) is 46.1 Å². The number of nitrogens with zero attached hydrogens (tertiary/aromatic N) is 3. The third-order valence-electron chi connectivity index (χ3n) is 3.14. The second-order valence-electron chi connectivity index (χ2n) is 4.85. The van der Waals surface area contributed by atoms with Gasteiger partial charge >= 0.3 is 0 Å². The molecule has 0 aliphatic heterocycles. The fourth-order valence-corrected chi connectivity index (χ4v) is 2.17. The first-order chi connectivity index (χ1) is 9.13. The summed E-state index contributed by atoms with van der Waals surface area (Å²) in [6.45, 7) is 8.19. The molecule has 1 aromatic rings. The van der Waals surface area contributed by atoms with Gasteiger partial charge in [0.1, 0.15) is 0 Å². The minimum atomic E-state index is 0.0922. The van der Waals surface area contributed by atoms with Gasteiger partial charge in [0.25, 0.3) is 0 Å². The lowest BCUT2D eigenvalue weighted by Crippen LogP contribution is -2.39. The van der Waals surface area contributed by atoms with E-state index >= 15 is 0 Å². The predicted octanol–water partition coefficient (Wildman–Crippen LogP) is 3.36. The largest absolute Gasteiger partial charge is 0.278 e. The monoisotopic (exact) mass is 263 g/mol. The molecule has 0 N–H and O–H groups in total. The molecule has 1 unspecified atom stereocenters. The summed E-state index contributed by atoms with van der Waals surface area (Å²) >= 11 is 0. The van der Waals surface area contributed by atoms with Crippen molar-refractivity contribution in [1.29, 1.82) is 0 Å². The van der Waals surface area contributed by atoms with Gasteiger partial charge in [-0.2, -0.15) is 0 Å². The zero-order chi connectivity index (χ0) is 14.3. The zero-order valence-corrected chi connectivity index (χ0v) is 12.5. The highest BCUT2D eigenvalue weighted by molar-refractivity contribution is 5.91. The number of carbonyl (C=O) groups excluding carboxylic acids is 1. The van der Waals surface area contributed by atoms with Crippen LogP contribution in [0, 0.1) is 0 Å². The van der Waals surface area contributed by atoms with Crippen molar-refractivity contribution < 1.29 is 4.79 Å². The Morgan fingerprint density at radius 2 is 2.05 bits per heavy atom. The van der Waals surface area contributed by atoms with Crippen LogP contribution in [-0.4, -0.2) is 21.9 Å². The molecule has 1 atom stereocenters. The molecule has 0 saturated carbocycles. The van der Waals surface area contributed by atoms with Gasteiger partial charge in [0, 0.05) is 24.4 Å². The SMILES string of the molecule is CCCc1ccnc(N(C(=O)CC)C(C)CCC)n1. The van der Waals surface area contributed by atoms with Crippen molar-refractivity contribution in [1.82, 2.24) is 9.97 Å². The summed E-state index contributed by atoms with van der Waals surface area (Å²) in [5.41, 5.74) is 1.00. The molecule has 0 radical (unpaired) electrons. The lowest BCUT2D eigenvalue weighted by atomic mass is 10.1. The van der Waals surface area contributed by atoms with Crippen LogP contribution in [0.3, 0.4) is 0 Å². The van der Waals surface area contributed by atoms with Gasteiger partial charge < -0.3 is 0 Å². The molecular weight excluding hydrogens is 238 g/mol. The highest BCUT2D eigenvalue weighted by Crippen LogP contribution is 2.17. The highest BCUT2D eigenvalue weighted by atomic mass is 16.2. The fraction of sp³-hybridized carbons (Fsp3) is 0.667. The molecule has 19 heavy (non-hydrogen) atoms. The van der Waals surface area contributed by atoms with Gasteiger partial charge in [-0.05, 0) is 25.8 Å². The Labute approximate surface area is 116 Å². The van der Waals surface area contributed by atoms with Crippen molar-refractivity contribution in [2.24, 2.45) is 0 Å². The third-order valence-corrected chi connectivity index (χ3v) is 3.14. The number of hydrogen-bond donors (Lipinski definition) is 0. The Bertz CT molecular complexity index is 406. The molecule has 0 saturated heterocycles. The lowest BCUT2D eigenvalue weighted by molar-refractivity contribution is -0.118. The van der Waals surface area contributed by atoms with Crippen LogP contribution in [0.4, 0.5) is 5.95 Å². The summed E-state index contributed by atoms with van der Waals surface area (Å²) in [6.07, 6.45) is 6.21. The van der Waals surface area contributed by atoms with E-state index < -0.39 is 0 Å². The maximum Gasteiger partial charge on any atom is 0.232 e. The Morgan fingerprint density at radius 3 is 2.63 bits per heavy atom. The van der Waals surface area contributed by atoms with Crippen molar-refractivity contribution >= 4 is 11.9 Å². The van der Waals surface area contributed by atoms with Crippen molar-refractivity contribution in [2.45, 2.75) is 65.8 Å². The van der Waals surface area contributed by atoms with Crippen LogP contribution in [0.15, 0.2) is 12.3 Å². The molecule has 0 bridgehead atoms. The highest BCUT2D eigenvalue weighted by Gasteiger charge is 2.22. The Hall–Kier alpha value is -1.45. The first-order valence-corrected chi connectivity index (χ1v) is 7.27. The van der Waals surface area contributed by atoms with E-state index in [1.165, 1.54) is 0 Å². The minimum absolute atomic E-state index is 0.0922. The average Bonchev–Trinajstić information content (AvgIpc) is 2.40. The van der Waals surface area contributed by atoms with Crippen LogP contribution >= 0.6 is 0 Å². The quantitative estimate of drug-likeness (QED) is 0.757. The number of rotatable bonds is 7. The van der Waals surface area contributed by atoms with Gasteiger partial charge in [0.05, 0.1) is 0 Å². The van der Waals surface area contributed by atoms with Crippen LogP contribution in [-0.2, 0) is 11.2 Å². The zero-order valence-electron chi connectivity index (χ0n) is 12.5. The van der Waals surface area contributed by atoms with Crippen LogP contribution in [0.1, 0.15) is 59.1 Å². The maximum atomic E-state index is 12.1. The number of carbonyl (C=O) groups is 1. The number of hydrogen-bond acceptors (Lipinski definition) is 3. The van der Waals surface area contributed by atoms with Gasteiger partial charge in [-0.3, -0.25) is 9.69 Å². The second kappa shape index (κ2) is 7.87. The van der Waals surface area contributed by atoms with E-state index in [1.54, 1.807) is 11.1 Å². The first kappa shape index (κ1) is 15.6. The molecule has 1 heterocycles. The Morgan fingerprint density at radius 1 is 1.32 bits per heavy atom. The molecule has 0 aliphatic rings. The van der Waals surface area contributed by atoms with Gasteiger partial charge in [-0.25, -0.2) is 9.97 Å². The summed E-state index contributed by atoms with van der Waals surface area (Å²) < 4.78 is 0. The van der Waals surface area contributed by atoms with E-state index in [-0.39, 0.29) is 11.9 Å². The molecule has 1 amide bonds. The maximum absolute atomic E-state index is 12.1. The van der Waals surface area contributed by atoms with Crippen molar-refractivity contribution in [3.63, 3.8) is 0 Å². The van der Waals surface area contributed by atoms with Gasteiger partial charge in [-0.1, -0.05) is 33.6 Å². The lowest BCUT2D eigenvalue weighted by Gasteiger charge is -2.27. The molecule has 1 aromatic heterocycles. The van der Waals surface area contributed by atoms with Crippen molar-refractivity contribution in [2.75, 3.05) is 4.90 Å². The Balaban J connectivity index is 3.02. The smallest absolute Gasteiger partial charge is 0.232 e. The summed E-state index contributed by atoms with van der Waals surface area (Å²) in [5, 5.41) is 0. The predicted molar refractivity (Wildman–Crippen MR) is 78.2 cm³/mol. The van der Waals surface area contributed by atoms with Crippen LogP contribution in [0.25, 0.3) is 0 Å². The molecule has 0 aromatic carbocycles. The van der Waals surface area contributed by atoms with E-state index in [0.29, 0.717) is 12.4 Å². The second-order valence-corrected chi connectivity index (χ2v) is 4.85. The van der Waals surface area contributed by atoms with Crippen LogP contribution < -0.4 is 4.90 Å². The standard InChI is InChI=1S/C15H25N3O/c1-5-8-12(4)18(14(19)7-3)15-16-11-10-13(17-15)9-6-2/h10-12H,5-9H2,1-4H3. The molecule has 106 valence electrons. The molecular formula is C15H25N3O. The Kier molecular flexibility index (Phi) is 6.46. The van der Waals surface area contributed by atoms with Crippen molar-refractivity contribution in [3.8, 4) is 0 Å². The fourth-order valence-electron chi connectivity index (χ4n) is 2.17. The first-order valence-electron chi connectivity index (χ1n) is 7.27. The van der Waals surface area contributed by atoms with Gasteiger partial charge in [-0.15, -0.1) is 0 Å². The molecule has 4 nitrogen and oxygen atoms in total. The number of aromatic nitrogens is 2. The number of aryl methyl sites for hydroxylation is 1. The summed E-state index contributed by atoms with van der Waals surface area (Å²) in [7, 11) is 0. The molecule has 0 spiro atoms. The van der Waals surface area contributed by atoms with Gasteiger partial charge in [0.2, 0.25) is 11.9 Å². The summed E-state index contributed by atoms with van der Waals surface area (Å²) in [5.74, 6) is 0.647. The number of amides is 1. The van der Waals surface area contributed by atoms with E-state index in [4.69, 9.17) is 0 Å². The summed E-state index contributed by atoms with van der Waals surface area (Å²) in [6, 6.07) is 2.07. The van der Waals surface area contributed by atoms with E-state index in [0.717, 1.165) is 31.4 Å². The average molecular weight is 263 g/mol. The van der Waals surface area contributed by atoms with E-state index in [9.17, 15) is 4.79 Å². The summed E-state index contributed by atoms with van der Waals surface area (Å²) in [4.78, 5) is 22.7. The molecule has 4 heteroatoms. The third kappa shape index (κ3) is 4.30. The van der Waals surface area contributed by atoms with Gasteiger partial charge in [0.15, 0.2) is 0 Å². The van der Waals surface area contributed by atoms with E-state index in [1.807, 2.05) is 13.0 Å². The normalized spacial score (nSPS) is 12.2. The number of anilines is 1. The molecule has 0 aliphatic carbocycles. The van der Waals surface area contributed by atoms with Crippen LogP contribution in [0.2, 0.25) is 0 Å². The van der Waals surface area contributed by atoms with Crippen LogP contribution in [0.5, 0.6) is 0 Å². The molecule has 1 rings (SSSR count).